The molecule has 0 saturated carbocycles. The second kappa shape index (κ2) is 6.14. The summed E-state index contributed by atoms with van der Waals surface area (Å²) in [7, 11) is 0. The summed E-state index contributed by atoms with van der Waals surface area (Å²) in [6.07, 6.45) is 2.84. The molecule has 5 rings (SSSR count). The maximum atomic E-state index is 12.7. The van der Waals surface area contributed by atoms with Crippen LogP contribution in [0.1, 0.15) is 11.4 Å². The Balaban J connectivity index is 1.58. The molecule has 4 aromatic rings. The van der Waals surface area contributed by atoms with Crippen molar-refractivity contribution in [3.8, 4) is 11.3 Å². The normalized spacial score (nSPS) is 17.3. The van der Waals surface area contributed by atoms with E-state index in [0.29, 0.717) is 11.3 Å². The van der Waals surface area contributed by atoms with Gasteiger partial charge in [0.25, 0.3) is 5.56 Å². The van der Waals surface area contributed by atoms with E-state index in [1.807, 2.05) is 37.4 Å². The van der Waals surface area contributed by atoms with Crippen LogP contribution in [-0.4, -0.2) is 33.5 Å². The number of thiazole rings is 1. The lowest BCUT2D eigenvalue weighted by atomic mass is 10.1. The monoisotopic (exact) mass is 377 g/mol. The van der Waals surface area contributed by atoms with Gasteiger partial charge in [-0.05, 0) is 37.6 Å². The molecule has 0 spiro atoms. The van der Waals surface area contributed by atoms with Crippen molar-refractivity contribution in [2.75, 3.05) is 18.0 Å². The number of hydrogen-bond acceptors (Lipinski definition) is 6. The molecule has 4 heterocycles. The molecule has 2 N–H and O–H groups in total. The molecule has 1 aliphatic heterocycles. The standard InChI is InChI=1S/C20H19N5OS/c1-12-22-16-4-2-13(8-18(16)27-12)17-9-20(26)25-11-15(3-5-19(25)23-17)24-7-6-14(21)10-24/h2-5,8-9,11,14H,6-7,10,21H2,1H3. The van der Waals surface area contributed by atoms with Gasteiger partial charge in [0.1, 0.15) is 5.65 Å². The van der Waals surface area contributed by atoms with Gasteiger partial charge in [0.05, 0.1) is 26.6 Å². The fourth-order valence-corrected chi connectivity index (χ4v) is 4.51. The van der Waals surface area contributed by atoms with Crippen LogP contribution < -0.4 is 16.2 Å². The zero-order valence-electron chi connectivity index (χ0n) is 14.9. The first-order chi connectivity index (χ1) is 13.1. The zero-order valence-corrected chi connectivity index (χ0v) is 15.7. The van der Waals surface area contributed by atoms with E-state index in [2.05, 4.69) is 16.0 Å². The number of benzene rings is 1. The summed E-state index contributed by atoms with van der Waals surface area (Å²) in [6.45, 7) is 3.73. The Bertz CT molecular complexity index is 1230. The van der Waals surface area contributed by atoms with Crippen LogP contribution in [-0.2, 0) is 0 Å². The minimum absolute atomic E-state index is 0.0825. The predicted octanol–water partition coefficient (Wildman–Crippen LogP) is 2.82. The molecule has 0 bridgehead atoms. The second-order valence-corrected chi connectivity index (χ2v) is 8.24. The van der Waals surface area contributed by atoms with Crippen molar-refractivity contribution in [3.05, 3.63) is 58.0 Å². The number of pyridine rings is 1. The fraction of sp³-hybridized carbons (Fsp3) is 0.250. The van der Waals surface area contributed by atoms with E-state index in [1.54, 1.807) is 21.8 Å². The molecule has 136 valence electrons. The third-order valence-corrected chi connectivity index (χ3v) is 5.96. The van der Waals surface area contributed by atoms with Crippen LogP contribution in [0.15, 0.2) is 47.4 Å². The van der Waals surface area contributed by atoms with Gasteiger partial charge >= 0.3 is 0 Å². The van der Waals surface area contributed by atoms with Crippen molar-refractivity contribution < 1.29 is 0 Å². The molecule has 0 aliphatic carbocycles. The first kappa shape index (κ1) is 16.4. The number of nitrogens with zero attached hydrogens (tertiary/aromatic N) is 4. The van der Waals surface area contributed by atoms with E-state index < -0.39 is 0 Å². The van der Waals surface area contributed by atoms with Gasteiger partial charge in [0.2, 0.25) is 0 Å². The Labute approximate surface area is 159 Å². The van der Waals surface area contributed by atoms with Crippen LogP contribution in [0.25, 0.3) is 27.1 Å². The average molecular weight is 377 g/mol. The highest BCUT2D eigenvalue weighted by Crippen LogP contribution is 2.27. The van der Waals surface area contributed by atoms with Gasteiger partial charge in [0, 0.05) is 37.0 Å². The van der Waals surface area contributed by atoms with E-state index in [9.17, 15) is 4.79 Å². The zero-order chi connectivity index (χ0) is 18.5. The van der Waals surface area contributed by atoms with Gasteiger partial charge < -0.3 is 10.6 Å². The van der Waals surface area contributed by atoms with E-state index in [0.717, 1.165) is 46.0 Å². The Morgan fingerprint density at radius 3 is 2.89 bits per heavy atom. The predicted molar refractivity (Wildman–Crippen MR) is 110 cm³/mol. The van der Waals surface area contributed by atoms with E-state index in [1.165, 1.54) is 0 Å². The average Bonchev–Trinajstić information content (AvgIpc) is 3.25. The Hall–Kier alpha value is -2.77. The molecule has 0 amide bonds. The summed E-state index contributed by atoms with van der Waals surface area (Å²) in [5.74, 6) is 0. The largest absolute Gasteiger partial charge is 0.369 e. The lowest BCUT2D eigenvalue weighted by molar-refractivity contribution is 0.752. The van der Waals surface area contributed by atoms with E-state index in [-0.39, 0.29) is 11.6 Å². The van der Waals surface area contributed by atoms with Crippen LogP contribution in [0.3, 0.4) is 0 Å². The molecule has 1 atom stereocenters. The number of aromatic nitrogens is 3. The Morgan fingerprint density at radius 1 is 1.19 bits per heavy atom. The molecular weight excluding hydrogens is 358 g/mol. The molecule has 3 aromatic heterocycles. The molecule has 1 saturated heterocycles. The summed E-state index contributed by atoms with van der Waals surface area (Å²) >= 11 is 1.65. The number of hydrogen-bond donors (Lipinski definition) is 1. The highest BCUT2D eigenvalue weighted by Gasteiger charge is 2.20. The molecule has 1 aromatic carbocycles. The smallest absolute Gasteiger partial charge is 0.258 e. The summed E-state index contributed by atoms with van der Waals surface area (Å²) in [4.78, 5) is 24.1. The summed E-state index contributed by atoms with van der Waals surface area (Å²) in [6, 6.07) is 11.7. The highest BCUT2D eigenvalue weighted by atomic mass is 32.1. The first-order valence-corrected chi connectivity index (χ1v) is 9.80. The molecule has 0 radical (unpaired) electrons. The van der Waals surface area contributed by atoms with Gasteiger partial charge in [-0.15, -0.1) is 11.3 Å². The van der Waals surface area contributed by atoms with Crippen molar-refractivity contribution in [2.24, 2.45) is 5.73 Å². The number of aryl methyl sites for hydroxylation is 1. The van der Waals surface area contributed by atoms with Gasteiger partial charge in [0.15, 0.2) is 0 Å². The van der Waals surface area contributed by atoms with Crippen LogP contribution >= 0.6 is 11.3 Å². The molecular formula is C20H19N5OS. The molecule has 1 unspecified atom stereocenters. The summed E-state index contributed by atoms with van der Waals surface area (Å²) < 4.78 is 2.71. The molecule has 1 fully saturated rings. The van der Waals surface area contributed by atoms with Crippen molar-refractivity contribution in [1.29, 1.82) is 0 Å². The van der Waals surface area contributed by atoms with Crippen LogP contribution in [0.2, 0.25) is 0 Å². The summed E-state index contributed by atoms with van der Waals surface area (Å²) in [5, 5.41) is 1.03. The molecule has 6 nitrogen and oxygen atoms in total. The number of fused-ring (bicyclic) bond motifs is 2. The van der Waals surface area contributed by atoms with E-state index >= 15 is 0 Å². The Morgan fingerprint density at radius 2 is 2.07 bits per heavy atom. The molecule has 1 aliphatic rings. The number of anilines is 1. The van der Waals surface area contributed by atoms with Crippen molar-refractivity contribution in [1.82, 2.24) is 14.4 Å². The topological polar surface area (TPSA) is 76.5 Å². The van der Waals surface area contributed by atoms with Crippen LogP contribution in [0.5, 0.6) is 0 Å². The number of nitrogens with two attached hydrogens (primary N) is 1. The Kier molecular flexibility index (Phi) is 3.73. The first-order valence-electron chi connectivity index (χ1n) is 8.98. The quantitative estimate of drug-likeness (QED) is 0.581. The minimum Gasteiger partial charge on any atom is -0.369 e. The van der Waals surface area contributed by atoms with Crippen molar-refractivity contribution in [3.63, 3.8) is 0 Å². The molecule has 7 heteroatoms. The van der Waals surface area contributed by atoms with Gasteiger partial charge in [-0.1, -0.05) is 6.07 Å². The third-order valence-electron chi connectivity index (χ3n) is 5.02. The van der Waals surface area contributed by atoms with Gasteiger partial charge in [-0.3, -0.25) is 9.20 Å². The van der Waals surface area contributed by atoms with Crippen LogP contribution in [0.4, 0.5) is 5.69 Å². The van der Waals surface area contributed by atoms with Crippen LogP contribution in [0, 0.1) is 6.92 Å². The van der Waals surface area contributed by atoms with Gasteiger partial charge in [-0.25, -0.2) is 9.97 Å². The highest BCUT2D eigenvalue weighted by molar-refractivity contribution is 7.18. The fourth-order valence-electron chi connectivity index (χ4n) is 3.65. The maximum absolute atomic E-state index is 12.7. The lowest BCUT2D eigenvalue weighted by Crippen LogP contribution is -2.27. The second-order valence-electron chi connectivity index (χ2n) is 7.01. The van der Waals surface area contributed by atoms with E-state index in [4.69, 9.17) is 10.7 Å². The number of rotatable bonds is 2. The maximum Gasteiger partial charge on any atom is 0.258 e. The van der Waals surface area contributed by atoms with Crippen molar-refractivity contribution in [2.45, 2.75) is 19.4 Å². The minimum atomic E-state index is -0.0825. The molecule has 27 heavy (non-hydrogen) atoms. The third kappa shape index (κ3) is 2.89. The summed E-state index contributed by atoms with van der Waals surface area (Å²) in [5.41, 5.74) is 10.2. The van der Waals surface area contributed by atoms with Gasteiger partial charge in [-0.2, -0.15) is 0 Å². The lowest BCUT2D eigenvalue weighted by Gasteiger charge is -2.18. The van der Waals surface area contributed by atoms with Crippen molar-refractivity contribution >= 4 is 32.9 Å². The SMILES string of the molecule is Cc1nc2ccc(-c3cc(=O)n4cc(N5CCC(N)C5)ccc4n3)cc2s1.